The Morgan fingerprint density at radius 1 is 1.15 bits per heavy atom. The van der Waals surface area contributed by atoms with Crippen molar-refractivity contribution in [3.8, 4) is 0 Å². The molecule has 1 heterocycles. The van der Waals surface area contributed by atoms with E-state index in [1.54, 1.807) is 0 Å². The number of nitrogens with zero attached hydrogens (tertiary/aromatic N) is 2. The zero-order chi connectivity index (χ0) is 23.6. The van der Waals surface area contributed by atoms with Gasteiger partial charge in [0.25, 0.3) is 0 Å². The van der Waals surface area contributed by atoms with E-state index in [9.17, 15) is 9.59 Å². The summed E-state index contributed by atoms with van der Waals surface area (Å²) in [6, 6.07) is 5.90. The molecule has 5 nitrogen and oxygen atoms in total. The van der Waals surface area contributed by atoms with E-state index < -0.39 is 0 Å². The Hall–Kier alpha value is -1.11. The smallest absolute Gasteiger partial charge is 0.242 e. The molecule has 33 heavy (non-hydrogen) atoms. The van der Waals surface area contributed by atoms with Crippen molar-refractivity contribution in [3.63, 3.8) is 0 Å². The normalized spacial score (nSPS) is 29.8. The van der Waals surface area contributed by atoms with Gasteiger partial charge in [0.05, 0.1) is 6.54 Å². The largest absolute Gasteiger partial charge is 0.347 e. The molecule has 3 aliphatic rings. The molecule has 1 N–H and O–H groups in total. The molecule has 2 saturated carbocycles. The molecule has 1 aliphatic heterocycles. The molecule has 0 radical (unpaired) electrons. The summed E-state index contributed by atoms with van der Waals surface area (Å²) in [4.78, 5) is 29.5. The Bertz CT molecular complexity index is 857. The third-order valence-electron chi connectivity index (χ3n) is 8.18. The molecule has 182 valence electrons. The second kappa shape index (κ2) is 10.7. The molecule has 2 atom stereocenters. The lowest BCUT2D eigenvalue weighted by Crippen LogP contribution is -2.51. The number of rotatable bonds is 7. The maximum atomic E-state index is 12.7. The Morgan fingerprint density at radius 2 is 1.82 bits per heavy atom. The molecule has 3 fully saturated rings. The maximum Gasteiger partial charge on any atom is 0.242 e. The standard InChI is InChI=1S/C26H37BrClN3O2/c1-3-18-10-19-13-26(2,14-20(19)11-18)15-24(32)29-16-25(33)31-8-6-30(7-9-31)17-21-12-22(27)4-5-23(21)28/h4-5,12,18-20H,3,6-11,13-17H2,1-2H3,(H,29,32). The molecule has 1 aromatic rings. The van der Waals surface area contributed by atoms with Gasteiger partial charge in [-0.15, -0.1) is 0 Å². The fraction of sp³-hybridized carbons (Fsp3) is 0.692. The van der Waals surface area contributed by atoms with Crippen LogP contribution < -0.4 is 5.32 Å². The number of fused-ring (bicyclic) bond motifs is 1. The van der Waals surface area contributed by atoms with E-state index in [1.807, 2.05) is 17.0 Å². The van der Waals surface area contributed by atoms with Crippen molar-refractivity contribution in [1.29, 1.82) is 0 Å². The molecular weight excluding hydrogens is 502 g/mol. The predicted molar refractivity (Wildman–Crippen MR) is 136 cm³/mol. The number of amides is 2. The van der Waals surface area contributed by atoms with E-state index in [2.05, 4.69) is 46.1 Å². The van der Waals surface area contributed by atoms with E-state index in [4.69, 9.17) is 11.6 Å². The third-order valence-corrected chi connectivity index (χ3v) is 9.04. The first-order valence-electron chi connectivity index (χ1n) is 12.5. The molecule has 7 heteroatoms. The number of hydrogen-bond acceptors (Lipinski definition) is 3. The van der Waals surface area contributed by atoms with Crippen LogP contribution in [0.2, 0.25) is 5.02 Å². The van der Waals surface area contributed by atoms with E-state index in [0.717, 1.165) is 52.4 Å². The average molecular weight is 539 g/mol. The molecule has 4 rings (SSSR count). The van der Waals surface area contributed by atoms with Gasteiger partial charge in [-0.25, -0.2) is 0 Å². The number of carbonyl (C=O) groups excluding carboxylic acids is 2. The highest BCUT2D eigenvalue weighted by atomic mass is 79.9. The van der Waals surface area contributed by atoms with Crippen molar-refractivity contribution in [2.75, 3.05) is 32.7 Å². The summed E-state index contributed by atoms with van der Waals surface area (Å²) in [5.74, 6) is 2.54. The van der Waals surface area contributed by atoms with E-state index in [0.29, 0.717) is 19.5 Å². The highest BCUT2D eigenvalue weighted by molar-refractivity contribution is 9.10. The highest BCUT2D eigenvalue weighted by Crippen LogP contribution is 2.56. The molecule has 1 aromatic carbocycles. The number of benzene rings is 1. The molecule has 2 aliphatic carbocycles. The SMILES string of the molecule is CCC1CC2CC(C)(CC(=O)NCC(=O)N3CCN(Cc4cc(Br)ccc4Cl)CC3)CC2C1. The van der Waals surface area contributed by atoms with Crippen molar-refractivity contribution in [2.45, 2.75) is 58.9 Å². The molecule has 2 amide bonds. The van der Waals surface area contributed by atoms with Crippen LogP contribution in [0.4, 0.5) is 0 Å². The van der Waals surface area contributed by atoms with Gasteiger partial charge in [-0.2, -0.15) is 0 Å². The molecule has 1 saturated heterocycles. The summed E-state index contributed by atoms with van der Waals surface area (Å²) in [6.45, 7) is 8.43. The van der Waals surface area contributed by atoms with Gasteiger partial charge in [-0.05, 0) is 72.6 Å². The molecular formula is C26H37BrClN3O2. The predicted octanol–water partition coefficient (Wildman–Crippen LogP) is 5.11. The van der Waals surface area contributed by atoms with Gasteiger partial charge >= 0.3 is 0 Å². The third kappa shape index (κ3) is 6.32. The van der Waals surface area contributed by atoms with Gasteiger partial charge in [0, 0.05) is 48.6 Å². The summed E-state index contributed by atoms with van der Waals surface area (Å²) >= 11 is 9.83. The van der Waals surface area contributed by atoms with Crippen LogP contribution in [0.1, 0.15) is 57.9 Å². The van der Waals surface area contributed by atoms with Gasteiger partial charge < -0.3 is 10.2 Å². The summed E-state index contributed by atoms with van der Waals surface area (Å²) in [5, 5.41) is 3.68. The topological polar surface area (TPSA) is 52.7 Å². The molecule has 0 bridgehead atoms. The van der Waals surface area contributed by atoms with Crippen LogP contribution in [-0.4, -0.2) is 54.3 Å². The molecule has 2 unspecified atom stereocenters. The second-order valence-corrected chi connectivity index (χ2v) is 12.2. The minimum absolute atomic E-state index is 0.0164. The van der Waals surface area contributed by atoms with E-state index in [-0.39, 0.29) is 23.8 Å². The van der Waals surface area contributed by atoms with Crippen LogP contribution in [0.25, 0.3) is 0 Å². The van der Waals surface area contributed by atoms with Gasteiger partial charge in [-0.1, -0.05) is 47.8 Å². The Morgan fingerprint density at radius 3 is 2.45 bits per heavy atom. The Balaban J connectivity index is 1.17. The van der Waals surface area contributed by atoms with Crippen LogP contribution in [0.3, 0.4) is 0 Å². The maximum absolute atomic E-state index is 12.7. The van der Waals surface area contributed by atoms with Crippen molar-refractivity contribution in [2.24, 2.45) is 23.2 Å². The number of piperazine rings is 1. The highest BCUT2D eigenvalue weighted by Gasteiger charge is 2.47. The first-order chi connectivity index (χ1) is 15.7. The first kappa shape index (κ1) is 25.0. The number of carbonyl (C=O) groups is 2. The lowest BCUT2D eigenvalue weighted by Gasteiger charge is -2.35. The van der Waals surface area contributed by atoms with Crippen LogP contribution in [0, 0.1) is 23.2 Å². The molecule has 0 aromatic heterocycles. The molecule has 0 spiro atoms. The van der Waals surface area contributed by atoms with Gasteiger partial charge in [0.2, 0.25) is 11.8 Å². The summed E-state index contributed by atoms with van der Waals surface area (Å²) in [5.41, 5.74) is 1.19. The van der Waals surface area contributed by atoms with Gasteiger partial charge in [-0.3, -0.25) is 14.5 Å². The van der Waals surface area contributed by atoms with Crippen molar-refractivity contribution in [3.05, 3.63) is 33.3 Å². The minimum atomic E-state index is 0.0164. The summed E-state index contributed by atoms with van der Waals surface area (Å²) in [7, 11) is 0. The van der Waals surface area contributed by atoms with Crippen molar-refractivity contribution >= 4 is 39.3 Å². The zero-order valence-corrected chi connectivity index (χ0v) is 22.3. The van der Waals surface area contributed by atoms with Crippen LogP contribution >= 0.6 is 27.5 Å². The summed E-state index contributed by atoms with van der Waals surface area (Å²) < 4.78 is 1.02. The van der Waals surface area contributed by atoms with Crippen LogP contribution in [0.15, 0.2) is 22.7 Å². The number of nitrogens with one attached hydrogen (secondary N) is 1. The quantitative estimate of drug-likeness (QED) is 0.525. The monoisotopic (exact) mass is 537 g/mol. The van der Waals surface area contributed by atoms with E-state index >= 15 is 0 Å². The van der Waals surface area contributed by atoms with Gasteiger partial charge in [0.1, 0.15) is 0 Å². The van der Waals surface area contributed by atoms with Crippen LogP contribution in [-0.2, 0) is 16.1 Å². The Labute approximate surface area is 211 Å². The van der Waals surface area contributed by atoms with E-state index in [1.165, 1.54) is 32.1 Å². The fourth-order valence-corrected chi connectivity index (χ4v) is 7.05. The van der Waals surface area contributed by atoms with Crippen molar-refractivity contribution in [1.82, 2.24) is 15.1 Å². The number of halogens is 2. The number of hydrogen-bond donors (Lipinski definition) is 1. The minimum Gasteiger partial charge on any atom is -0.347 e. The Kier molecular flexibility index (Phi) is 8.07. The lowest BCUT2D eigenvalue weighted by molar-refractivity contribution is -0.134. The fourth-order valence-electron chi connectivity index (χ4n) is 6.46. The zero-order valence-electron chi connectivity index (χ0n) is 19.9. The lowest BCUT2D eigenvalue weighted by atomic mass is 9.81. The second-order valence-electron chi connectivity index (χ2n) is 10.8. The van der Waals surface area contributed by atoms with Crippen molar-refractivity contribution < 1.29 is 9.59 Å². The van der Waals surface area contributed by atoms with Crippen LogP contribution in [0.5, 0.6) is 0 Å². The summed E-state index contributed by atoms with van der Waals surface area (Å²) in [6.07, 6.45) is 6.86. The average Bonchev–Trinajstić information content (AvgIpc) is 3.29. The van der Waals surface area contributed by atoms with Gasteiger partial charge in [0.15, 0.2) is 0 Å². The first-order valence-corrected chi connectivity index (χ1v) is 13.6.